The maximum atomic E-state index is 13.7. The number of nitrogens with zero attached hydrogens (tertiary/aromatic N) is 2. The predicted molar refractivity (Wildman–Crippen MR) is 133 cm³/mol. The SMILES string of the molecule is O=C(Nc1ccc([N+](=O)[O-])cc1)N1c2ccccc2C2(CCNCC2)[C@H]1CCc1ccccc1. The Morgan fingerprint density at radius 3 is 2.38 bits per heavy atom. The second-order valence-electron chi connectivity index (χ2n) is 9.07. The number of anilines is 2. The molecule has 0 saturated carbocycles. The molecule has 0 unspecified atom stereocenters. The first-order valence-corrected chi connectivity index (χ1v) is 11.8. The van der Waals surface area contributed by atoms with Gasteiger partial charge in [-0.15, -0.1) is 0 Å². The zero-order chi connectivity index (χ0) is 23.5. The van der Waals surface area contributed by atoms with E-state index in [1.165, 1.54) is 23.3 Å². The number of carbonyl (C=O) groups excluding carboxylic acids is 1. The Hall–Kier alpha value is -3.71. The Bertz CT molecular complexity index is 1170. The van der Waals surface area contributed by atoms with Gasteiger partial charge in [-0.2, -0.15) is 0 Å². The van der Waals surface area contributed by atoms with E-state index in [1.807, 2.05) is 23.1 Å². The fraction of sp³-hybridized carbons (Fsp3) is 0.296. The standard InChI is InChI=1S/C27H28N4O3/c32-26(29-21-11-13-22(14-12-21)31(33)34)30-24-9-5-4-8-23(24)27(16-18-28-19-17-27)25(30)15-10-20-6-2-1-3-7-20/h1-9,11-14,25,28H,10,15-19H2,(H,29,32)/t25-/m1/s1. The summed E-state index contributed by atoms with van der Waals surface area (Å²) in [4.78, 5) is 26.2. The maximum Gasteiger partial charge on any atom is 0.326 e. The molecule has 2 N–H and O–H groups in total. The van der Waals surface area contributed by atoms with Gasteiger partial charge in [0.05, 0.1) is 4.92 Å². The molecule has 0 radical (unpaired) electrons. The molecule has 1 fully saturated rings. The smallest absolute Gasteiger partial charge is 0.317 e. The van der Waals surface area contributed by atoms with Crippen LogP contribution in [0.15, 0.2) is 78.9 Å². The number of fused-ring (bicyclic) bond motifs is 2. The zero-order valence-corrected chi connectivity index (χ0v) is 18.9. The van der Waals surface area contributed by atoms with E-state index >= 15 is 0 Å². The number of hydrogen-bond donors (Lipinski definition) is 2. The summed E-state index contributed by atoms with van der Waals surface area (Å²) >= 11 is 0. The van der Waals surface area contributed by atoms with Gasteiger partial charge in [-0.3, -0.25) is 15.0 Å². The van der Waals surface area contributed by atoms with Crippen LogP contribution >= 0.6 is 0 Å². The minimum Gasteiger partial charge on any atom is -0.317 e. The molecular weight excluding hydrogens is 428 g/mol. The number of benzene rings is 3. The van der Waals surface area contributed by atoms with Crippen LogP contribution in [0.25, 0.3) is 0 Å². The lowest BCUT2D eigenvalue weighted by Gasteiger charge is -2.42. The average molecular weight is 457 g/mol. The first kappa shape index (κ1) is 22.1. The van der Waals surface area contributed by atoms with Crippen molar-refractivity contribution in [1.29, 1.82) is 0 Å². The lowest BCUT2D eigenvalue weighted by Crippen LogP contribution is -2.53. The number of nitro benzene ring substituents is 1. The molecule has 5 rings (SSSR count). The molecule has 1 saturated heterocycles. The Balaban J connectivity index is 1.48. The van der Waals surface area contributed by atoms with Gasteiger partial charge >= 0.3 is 6.03 Å². The molecule has 1 atom stereocenters. The summed E-state index contributed by atoms with van der Waals surface area (Å²) in [5.41, 5.74) is 3.91. The molecular formula is C27H28N4O3. The third kappa shape index (κ3) is 4.03. The van der Waals surface area contributed by atoms with E-state index in [0.717, 1.165) is 44.5 Å². The number of piperidine rings is 1. The number of para-hydroxylation sites is 1. The molecule has 0 aromatic heterocycles. The predicted octanol–water partition coefficient (Wildman–Crippen LogP) is 5.27. The molecule has 2 amide bonds. The highest BCUT2D eigenvalue weighted by molar-refractivity contribution is 6.04. The van der Waals surface area contributed by atoms with Crippen molar-refractivity contribution in [3.8, 4) is 0 Å². The number of rotatable bonds is 5. The van der Waals surface area contributed by atoms with Crippen molar-refractivity contribution in [3.05, 3.63) is 100 Å². The quantitative estimate of drug-likeness (QED) is 0.404. The fourth-order valence-electron chi connectivity index (χ4n) is 5.63. The first-order chi connectivity index (χ1) is 16.6. The highest BCUT2D eigenvalue weighted by Gasteiger charge is 2.52. The van der Waals surface area contributed by atoms with E-state index < -0.39 is 4.92 Å². The van der Waals surface area contributed by atoms with Crippen LogP contribution in [0.3, 0.4) is 0 Å². The van der Waals surface area contributed by atoms with Crippen LogP contribution < -0.4 is 15.5 Å². The number of nitro groups is 1. The molecule has 34 heavy (non-hydrogen) atoms. The Morgan fingerprint density at radius 2 is 1.68 bits per heavy atom. The molecule has 1 spiro atoms. The molecule has 0 bridgehead atoms. The summed E-state index contributed by atoms with van der Waals surface area (Å²) in [6.45, 7) is 1.85. The van der Waals surface area contributed by atoms with Crippen molar-refractivity contribution in [2.75, 3.05) is 23.3 Å². The molecule has 0 aliphatic carbocycles. The van der Waals surface area contributed by atoms with Crippen molar-refractivity contribution in [2.24, 2.45) is 0 Å². The largest absolute Gasteiger partial charge is 0.326 e. The maximum absolute atomic E-state index is 13.7. The molecule has 2 aliphatic heterocycles. The van der Waals surface area contributed by atoms with E-state index in [9.17, 15) is 14.9 Å². The van der Waals surface area contributed by atoms with Crippen molar-refractivity contribution in [2.45, 2.75) is 37.1 Å². The first-order valence-electron chi connectivity index (χ1n) is 11.8. The van der Waals surface area contributed by atoms with Crippen LogP contribution in [0.1, 0.15) is 30.4 Å². The van der Waals surface area contributed by atoms with Gasteiger partial charge in [-0.1, -0.05) is 48.5 Å². The number of urea groups is 1. The highest BCUT2D eigenvalue weighted by atomic mass is 16.6. The second kappa shape index (κ2) is 9.27. The van der Waals surface area contributed by atoms with Gasteiger partial charge in [-0.05, 0) is 68.1 Å². The Morgan fingerprint density at radius 1 is 1.00 bits per heavy atom. The highest BCUT2D eigenvalue weighted by Crippen LogP contribution is 2.51. The van der Waals surface area contributed by atoms with E-state index in [0.29, 0.717) is 5.69 Å². The summed E-state index contributed by atoms with van der Waals surface area (Å²) in [5.74, 6) is 0. The molecule has 3 aromatic rings. The molecule has 7 heteroatoms. The molecule has 2 aliphatic rings. The van der Waals surface area contributed by atoms with Crippen molar-refractivity contribution < 1.29 is 9.72 Å². The van der Waals surface area contributed by atoms with Crippen LogP contribution in [0.5, 0.6) is 0 Å². The zero-order valence-electron chi connectivity index (χ0n) is 18.9. The van der Waals surface area contributed by atoms with Gasteiger partial charge in [0.15, 0.2) is 0 Å². The molecule has 3 aromatic carbocycles. The summed E-state index contributed by atoms with van der Waals surface area (Å²) in [5, 5.41) is 17.5. The monoisotopic (exact) mass is 456 g/mol. The molecule has 2 heterocycles. The second-order valence-corrected chi connectivity index (χ2v) is 9.07. The van der Waals surface area contributed by atoms with Gasteiger partial charge in [-0.25, -0.2) is 4.79 Å². The normalized spacial score (nSPS) is 18.5. The van der Waals surface area contributed by atoms with Gasteiger partial charge < -0.3 is 10.6 Å². The van der Waals surface area contributed by atoms with Gasteiger partial charge in [0, 0.05) is 35.0 Å². The number of nitrogens with one attached hydrogen (secondary N) is 2. The van der Waals surface area contributed by atoms with Crippen LogP contribution in [0.4, 0.5) is 21.9 Å². The van der Waals surface area contributed by atoms with Gasteiger partial charge in [0.2, 0.25) is 0 Å². The van der Waals surface area contributed by atoms with Crippen LogP contribution in [0.2, 0.25) is 0 Å². The number of carbonyl (C=O) groups is 1. The summed E-state index contributed by atoms with van der Waals surface area (Å²) in [7, 11) is 0. The summed E-state index contributed by atoms with van der Waals surface area (Å²) in [6.07, 6.45) is 3.69. The van der Waals surface area contributed by atoms with Crippen molar-refractivity contribution in [1.82, 2.24) is 5.32 Å². The fourth-order valence-corrected chi connectivity index (χ4v) is 5.63. The summed E-state index contributed by atoms with van der Waals surface area (Å²) < 4.78 is 0. The van der Waals surface area contributed by atoms with Crippen LogP contribution in [-0.4, -0.2) is 30.1 Å². The van der Waals surface area contributed by atoms with Crippen LogP contribution in [0, 0.1) is 10.1 Å². The lowest BCUT2D eigenvalue weighted by molar-refractivity contribution is -0.384. The third-order valence-corrected chi connectivity index (χ3v) is 7.24. The van der Waals surface area contributed by atoms with E-state index in [1.54, 1.807) is 12.1 Å². The van der Waals surface area contributed by atoms with Crippen LogP contribution in [-0.2, 0) is 11.8 Å². The minimum absolute atomic E-state index is 0.00101. The van der Waals surface area contributed by atoms with Gasteiger partial charge in [0.1, 0.15) is 0 Å². The number of non-ortho nitro benzene ring substituents is 1. The summed E-state index contributed by atoms with van der Waals surface area (Å²) in [6, 6.07) is 24.5. The number of aryl methyl sites for hydroxylation is 1. The number of hydrogen-bond acceptors (Lipinski definition) is 4. The number of amides is 2. The van der Waals surface area contributed by atoms with Gasteiger partial charge in [0.25, 0.3) is 5.69 Å². The van der Waals surface area contributed by atoms with E-state index in [4.69, 9.17) is 0 Å². The topological polar surface area (TPSA) is 87.5 Å². The molecule has 7 nitrogen and oxygen atoms in total. The lowest BCUT2D eigenvalue weighted by atomic mass is 9.68. The van der Waals surface area contributed by atoms with E-state index in [2.05, 4.69) is 47.0 Å². The Labute approximate surface area is 198 Å². The Kier molecular flexibility index (Phi) is 6.02. The molecule has 174 valence electrons. The van der Waals surface area contributed by atoms with Crippen molar-refractivity contribution in [3.63, 3.8) is 0 Å². The van der Waals surface area contributed by atoms with E-state index in [-0.39, 0.29) is 23.2 Å². The van der Waals surface area contributed by atoms with Crippen molar-refractivity contribution >= 4 is 23.1 Å². The third-order valence-electron chi connectivity index (χ3n) is 7.24. The average Bonchev–Trinajstić information content (AvgIpc) is 3.13. The minimum atomic E-state index is -0.442.